The summed E-state index contributed by atoms with van der Waals surface area (Å²) in [6, 6.07) is 23.9. The van der Waals surface area contributed by atoms with Gasteiger partial charge in [0.15, 0.2) is 0 Å². The molecule has 0 radical (unpaired) electrons. The lowest BCUT2D eigenvalue weighted by Crippen LogP contribution is -2.27. The number of hydrogen-bond acceptors (Lipinski definition) is 5. The Morgan fingerprint density at radius 3 is 2.60 bits per heavy atom. The summed E-state index contributed by atoms with van der Waals surface area (Å²) < 4.78 is 12.8. The second kappa shape index (κ2) is 9.85. The molecule has 4 aromatic rings. The van der Waals surface area contributed by atoms with E-state index in [-0.39, 0.29) is 12.6 Å². The quantitative estimate of drug-likeness (QED) is 0.377. The zero-order chi connectivity index (χ0) is 24.2. The van der Waals surface area contributed by atoms with Crippen molar-refractivity contribution < 1.29 is 19.1 Å². The van der Waals surface area contributed by atoms with Gasteiger partial charge in [0.25, 0.3) is 0 Å². The first-order valence-electron chi connectivity index (χ1n) is 11.6. The maximum absolute atomic E-state index is 13.7. The number of benzene rings is 3. The topological polar surface area (TPSA) is 81.9 Å². The fourth-order valence-corrected chi connectivity index (χ4v) is 4.41. The van der Waals surface area contributed by atoms with E-state index in [9.17, 15) is 9.59 Å². The summed E-state index contributed by atoms with van der Waals surface area (Å²) in [7, 11) is 0. The van der Waals surface area contributed by atoms with Crippen molar-refractivity contribution in [3.05, 3.63) is 90.1 Å². The third kappa shape index (κ3) is 4.53. The van der Waals surface area contributed by atoms with Crippen LogP contribution < -0.4 is 10.1 Å². The zero-order valence-electron chi connectivity index (χ0n) is 19.3. The molecule has 5 rings (SSSR count). The van der Waals surface area contributed by atoms with E-state index in [1.54, 1.807) is 29.8 Å². The minimum atomic E-state index is -0.765. The molecule has 1 amide bonds. The van der Waals surface area contributed by atoms with E-state index in [1.165, 1.54) is 0 Å². The fourth-order valence-electron chi connectivity index (χ4n) is 4.41. The molecule has 0 spiro atoms. The van der Waals surface area contributed by atoms with Gasteiger partial charge in [0, 0.05) is 29.9 Å². The number of nitrogens with zero attached hydrogens (tertiary/aromatic N) is 2. The van der Waals surface area contributed by atoms with Crippen molar-refractivity contribution in [2.45, 2.75) is 19.3 Å². The Morgan fingerprint density at radius 1 is 1.00 bits per heavy atom. The summed E-state index contributed by atoms with van der Waals surface area (Å²) in [6.45, 7) is 2.55. The first-order chi connectivity index (χ1) is 17.2. The molecule has 0 saturated heterocycles. The van der Waals surface area contributed by atoms with Gasteiger partial charge in [-0.15, -0.1) is 0 Å². The van der Waals surface area contributed by atoms with Gasteiger partial charge in [0.2, 0.25) is 0 Å². The van der Waals surface area contributed by atoms with Crippen molar-refractivity contribution in [3.8, 4) is 11.5 Å². The number of amides is 1. The van der Waals surface area contributed by atoms with E-state index < -0.39 is 11.9 Å². The SMILES string of the molecule is CCOC(=O)C1C=NCCc2c1n(C(=O)Nc1cccc(Oc3ccccc3)c1)c1ccccc21. The van der Waals surface area contributed by atoms with Gasteiger partial charge in [-0.3, -0.25) is 14.4 Å². The van der Waals surface area contributed by atoms with E-state index >= 15 is 0 Å². The molecule has 0 fully saturated rings. The van der Waals surface area contributed by atoms with Crippen molar-refractivity contribution in [3.63, 3.8) is 0 Å². The molecule has 1 aromatic heterocycles. The first kappa shape index (κ1) is 22.4. The molecular weight excluding hydrogens is 442 g/mol. The summed E-state index contributed by atoms with van der Waals surface area (Å²) in [6.07, 6.45) is 2.23. The van der Waals surface area contributed by atoms with Crippen LogP contribution in [0.15, 0.2) is 83.9 Å². The molecule has 1 aliphatic heterocycles. The maximum Gasteiger partial charge on any atom is 0.330 e. The molecule has 176 valence electrons. The molecule has 1 aliphatic rings. The number of carbonyl (C=O) groups excluding carboxylic acids is 2. The van der Waals surface area contributed by atoms with E-state index in [0.717, 1.165) is 16.5 Å². The van der Waals surface area contributed by atoms with Crippen molar-refractivity contribution in [1.29, 1.82) is 0 Å². The fraction of sp³-hybridized carbons (Fsp3) is 0.179. The van der Waals surface area contributed by atoms with Crippen molar-refractivity contribution in [1.82, 2.24) is 4.57 Å². The number of para-hydroxylation sites is 2. The predicted octanol–water partition coefficient (Wildman–Crippen LogP) is 5.79. The van der Waals surface area contributed by atoms with E-state index in [4.69, 9.17) is 9.47 Å². The normalized spacial score (nSPS) is 14.7. The summed E-state index contributed by atoms with van der Waals surface area (Å²) in [5.74, 6) is 0.115. The van der Waals surface area contributed by atoms with Crippen LogP contribution in [0.3, 0.4) is 0 Å². The smallest absolute Gasteiger partial charge is 0.330 e. The van der Waals surface area contributed by atoms with Gasteiger partial charge in [-0.25, -0.2) is 4.79 Å². The lowest BCUT2D eigenvalue weighted by atomic mass is 10.00. The molecule has 0 aliphatic carbocycles. The number of ether oxygens (including phenoxy) is 2. The second-order valence-corrected chi connectivity index (χ2v) is 8.12. The number of fused-ring (bicyclic) bond motifs is 3. The van der Waals surface area contributed by atoms with Crippen LogP contribution in [0.4, 0.5) is 10.5 Å². The minimum Gasteiger partial charge on any atom is -0.465 e. The van der Waals surface area contributed by atoms with Gasteiger partial charge in [-0.1, -0.05) is 42.5 Å². The molecule has 7 heteroatoms. The molecule has 35 heavy (non-hydrogen) atoms. The number of carbonyl (C=O) groups is 2. The van der Waals surface area contributed by atoms with Crippen LogP contribution in [0, 0.1) is 0 Å². The van der Waals surface area contributed by atoms with Gasteiger partial charge in [0.05, 0.1) is 17.8 Å². The van der Waals surface area contributed by atoms with Crippen LogP contribution in [0.5, 0.6) is 11.5 Å². The average Bonchev–Trinajstić information content (AvgIpc) is 3.03. The summed E-state index contributed by atoms with van der Waals surface area (Å²) in [4.78, 5) is 30.9. The molecule has 7 nitrogen and oxygen atoms in total. The van der Waals surface area contributed by atoms with Gasteiger partial charge in [0.1, 0.15) is 17.4 Å². The minimum absolute atomic E-state index is 0.249. The predicted molar refractivity (Wildman–Crippen MR) is 136 cm³/mol. The lowest BCUT2D eigenvalue weighted by molar-refractivity contribution is -0.143. The highest BCUT2D eigenvalue weighted by molar-refractivity contribution is 6.05. The molecule has 0 bridgehead atoms. The lowest BCUT2D eigenvalue weighted by Gasteiger charge is -2.16. The summed E-state index contributed by atoms with van der Waals surface area (Å²) in [5.41, 5.74) is 2.84. The number of nitrogens with one attached hydrogen (secondary N) is 1. The summed E-state index contributed by atoms with van der Waals surface area (Å²) in [5, 5.41) is 3.90. The van der Waals surface area contributed by atoms with Crippen LogP contribution in [-0.2, 0) is 16.0 Å². The number of hydrogen-bond donors (Lipinski definition) is 1. The Hall–Kier alpha value is -4.39. The van der Waals surface area contributed by atoms with E-state index in [0.29, 0.717) is 35.8 Å². The molecule has 1 atom stereocenters. The highest BCUT2D eigenvalue weighted by atomic mass is 16.5. The third-order valence-corrected chi connectivity index (χ3v) is 5.87. The largest absolute Gasteiger partial charge is 0.465 e. The number of esters is 1. The van der Waals surface area contributed by atoms with E-state index in [2.05, 4.69) is 10.3 Å². The average molecular weight is 468 g/mol. The molecular formula is C28H25N3O4. The van der Waals surface area contributed by atoms with E-state index in [1.807, 2.05) is 66.7 Å². The van der Waals surface area contributed by atoms with Crippen LogP contribution in [0.1, 0.15) is 24.1 Å². The Morgan fingerprint density at radius 2 is 1.77 bits per heavy atom. The van der Waals surface area contributed by atoms with Gasteiger partial charge >= 0.3 is 12.0 Å². The number of rotatable bonds is 5. The van der Waals surface area contributed by atoms with Gasteiger partial charge < -0.3 is 14.8 Å². The Labute approximate surface area is 203 Å². The second-order valence-electron chi connectivity index (χ2n) is 8.12. The Bertz CT molecular complexity index is 1410. The standard InChI is InChI=1S/C28H25N3O4/c1-2-34-27(32)24-18-29-16-15-23-22-13-6-7-14-25(22)31(26(23)24)28(33)30-19-9-8-12-21(17-19)35-20-10-4-3-5-11-20/h3-14,17-18,24H,2,15-16H2,1H3,(H,30,33). The highest BCUT2D eigenvalue weighted by Crippen LogP contribution is 2.34. The van der Waals surface area contributed by atoms with Crippen LogP contribution in [-0.4, -0.2) is 35.9 Å². The van der Waals surface area contributed by atoms with Crippen LogP contribution in [0.2, 0.25) is 0 Å². The Balaban J connectivity index is 1.53. The van der Waals surface area contributed by atoms with Crippen molar-refractivity contribution >= 4 is 34.8 Å². The molecule has 2 heterocycles. The van der Waals surface area contributed by atoms with Crippen LogP contribution in [0.25, 0.3) is 10.9 Å². The summed E-state index contributed by atoms with van der Waals surface area (Å²) >= 11 is 0. The monoisotopic (exact) mass is 467 g/mol. The number of aromatic nitrogens is 1. The maximum atomic E-state index is 13.7. The highest BCUT2D eigenvalue weighted by Gasteiger charge is 2.32. The van der Waals surface area contributed by atoms with Crippen LogP contribution >= 0.6 is 0 Å². The first-order valence-corrected chi connectivity index (χ1v) is 11.6. The molecule has 3 aromatic carbocycles. The molecule has 1 unspecified atom stereocenters. The number of aliphatic imine (C=N–C) groups is 1. The van der Waals surface area contributed by atoms with Crippen molar-refractivity contribution in [2.75, 3.05) is 18.5 Å². The third-order valence-electron chi connectivity index (χ3n) is 5.87. The van der Waals surface area contributed by atoms with Crippen molar-refractivity contribution in [2.24, 2.45) is 4.99 Å². The Kier molecular flexibility index (Phi) is 6.30. The van der Waals surface area contributed by atoms with Gasteiger partial charge in [-0.05, 0) is 49.2 Å². The van der Waals surface area contributed by atoms with Gasteiger partial charge in [-0.2, -0.15) is 0 Å². The zero-order valence-corrected chi connectivity index (χ0v) is 19.3. The molecule has 1 N–H and O–H groups in total. The molecule has 0 saturated carbocycles. The number of anilines is 1.